The first-order valence-corrected chi connectivity index (χ1v) is 5.78. The van der Waals surface area contributed by atoms with Gasteiger partial charge < -0.3 is 19.8 Å². The van der Waals surface area contributed by atoms with E-state index in [9.17, 15) is 9.90 Å². The number of aliphatic hydroxyl groups excluding tert-OH is 1. The maximum Gasteiger partial charge on any atom is 0.254 e. The van der Waals surface area contributed by atoms with Crippen molar-refractivity contribution in [3.8, 4) is 5.75 Å². The van der Waals surface area contributed by atoms with E-state index in [0.717, 1.165) is 5.56 Å². The molecule has 1 rings (SSSR count). The number of benzene rings is 1. The number of hydrogen-bond acceptors (Lipinski definition) is 4. The van der Waals surface area contributed by atoms with E-state index < -0.39 is 0 Å². The first-order valence-electron chi connectivity index (χ1n) is 5.78. The van der Waals surface area contributed by atoms with Crippen molar-refractivity contribution >= 4 is 5.91 Å². The minimum atomic E-state index is -0.226. The summed E-state index contributed by atoms with van der Waals surface area (Å²) in [6.07, 6.45) is 0. The Morgan fingerprint density at radius 2 is 2.11 bits per heavy atom. The van der Waals surface area contributed by atoms with Crippen LogP contribution in [0.4, 0.5) is 0 Å². The predicted molar refractivity (Wildman–Crippen MR) is 67.7 cm³/mol. The Kier molecular flexibility index (Phi) is 5.61. The van der Waals surface area contributed by atoms with Gasteiger partial charge in [-0.3, -0.25) is 4.79 Å². The van der Waals surface area contributed by atoms with Crippen LogP contribution in [0.15, 0.2) is 18.2 Å². The fourth-order valence-electron chi connectivity index (χ4n) is 1.56. The van der Waals surface area contributed by atoms with Gasteiger partial charge >= 0.3 is 0 Å². The number of ether oxygens (including phenoxy) is 1. The number of carbonyl (C=O) groups excluding carboxylic acids is 1. The number of carbonyl (C=O) groups is 1. The molecule has 0 aromatic heterocycles. The molecular weight excluding hydrogens is 234 g/mol. The Morgan fingerprint density at radius 3 is 2.67 bits per heavy atom. The highest BCUT2D eigenvalue weighted by Crippen LogP contribution is 2.18. The molecular formula is C13H19NO4. The first kappa shape index (κ1) is 14.5. The average molecular weight is 253 g/mol. The normalized spacial score (nSPS) is 10.4. The third kappa shape index (κ3) is 3.72. The molecule has 0 spiro atoms. The number of aromatic hydroxyl groups is 1. The van der Waals surface area contributed by atoms with E-state index in [1.807, 2.05) is 0 Å². The van der Waals surface area contributed by atoms with Crippen molar-refractivity contribution in [1.29, 1.82) is 0 Å². The summed E-state index contributed by atoms with van der Waals surface area (Å²) in [6.45, 7) is 2.72. The number of aliphatic hydroxyl groups is 1. The molecule has 0 radical (unpaired) electrons. The second-order valence-electron chi connectivity index (χ2n) is 4.01. The molecule has 0 fully saturated rings. The molecule has 0 saturated carbocycles. The molecule has 0 saturated heterocycles. The van der Waals surface area contributed by atoms with Crippen LogP contribution in [0.5, 0.6) is 5.75 Å². The molecule has 5 nitrogen and oxygen atoms in total. The van der Waals surface area contributed by atoms with Crippen molar-refractivity contribution in [2.24, 2.45) is 0 Å². The van der Waals surface area contributed by atoms with Gasteiger partial charge in [0.15, 0.2) is 0 Å². The third-order valence-electron chi connectivity index (χ3n) is 2.68. The lowest BCUT2D eigenvalue weighted by molar-refractivity contribution is 0.0656. The topological polar surface area (TPSA) is 70.0 Å². The number of phenols is 1. The first-order chi connectivity index (χ1) is 8.60. The van der Waals surface area contributed by atoms with Crippen molar-refractivity contribution in [3.63, 3.8) is 0 Å². The molecule has 100 valence electrons. The fraction of sp³-hybridized carbons (Fsp3) is 0.462. The van der Waals surface area contributed by atoms with Crippen LogP contribution in [-0.4, -0.2) is 54.4 Å². The molecule has 5 heteroatoms. The summed E-state index contributed by atoms with van der Waals surface area (Å²) >= 11 is 0. The van der Waals surface area contributed by atoms with E-state index in [2.05, 4.69) is 0 Å². The van der Waals surface area contributed by atoms with Crippen LogP contribution >= 0.6 is 0 Å². The minimum Gasteiger partial charge on any atom is -0.508 e. The summed E-state index contributed by atoms with van der Waals surface area (Å²) in [7, 11) is 1.55. The third-order valence-corrected chi connectivity index (χ3v) is 2.68. The molecule has 18 heavy (non-hydrogen) atoms. The highest BCUT2D eigenvalue weighted by Gasteiger charge is 2.15. The zero-order valence-electron chi connectivity index (χ0n) is 10.7. The van der Waals surface area contributed by atoms with Crippen LogP contribution in [0.3, 0.4) is 0 Å². The van der Waals surface area contributed by atoms with Crippen molar-refractivity contribution in [2.45, 2.75) is 6.92 Å². The Morgan fingerprint density at radius 1 is 1.39 bits per heavy atom. The molecule has 0 atom stereocenters. The molecule has 0 aliphatic heterocycles. The Labute approximate surface area is 107 Å². The second kappa shape index (κ2) is 6.98. The lowest BCUT2D eigenvalue weighted by Gasteiger charge is -2.21. The maximum absolute atomic E-state index is 12.2. The van der Waals surface area contributed by atoms with Gasteiger partial charge in [-0.15, -0.1) is 0 Å². The van der Waals surface area contributed by atoms with Gasteiger partial charge in [-0.2, -0.15) is 0 Å². The monoisotopic (exact) mass is 253 g/mol. The molecule has 0 bridgehead atoms. The average Bonchev–Trinajstić information content (AvgIpc) is 2.37. The number of phenolic OH excluding ortho intramolecular Hbond substituents is 1. The van der Waals surface area contributed by atoms with Gasteiger partial charge in [-0.25, -0.2) is 0 Å². The molecule has 1 aromatic rings. The second-order valence-corrected chi connectivity index (χ2v) is 4.01. The van der Waals surface area contributed by atoms with Crippen molar-refractivity contribution in [2.75, 3.05) is 33.4 Å². The Hall–Kier alpha value is -1.59. The summed E-state index contributed by atoms with van der Waals surface area (Å²) in [6, 6.07) is 4.79. The van der Waals surface area contributed by atoms with Crippen molar-refractivity contribution in [3.05, 3.63) is 29.3 Å². The zero-order chi connectivity index (χ0) is 13.5. The molecule has 0 unspecified atom stereocenters. The molecule has 1 amide bonds. The molecule has 0 heterocycles. The lowest BCUT2D eigenvalue weighted by Crippen LogP contribution is -2.36. The summed E-state index contributed by atoms with van der Waals surface area (Å²) < 4.78 is 4.92. The Balaban J connectivity index is 2.83. The van der Waals surface area contributed by atoms with Gasteiger partial charge in [0, 0.05) is 25.8 Å². The lowest BCUT2D eigenvalue weighted by atomic mass is 10.1. The van der Waals surface area contributed by atoms with Gasteiger partial charge in [0.2, 0.25) is 0 Å². The SMILES string of the molecule is COCCN(CCO)C(=O)c1ccc(C)c(O)c1. The van der Waals surface area contributed by atoms with Crippen LogP contribution in [-0.2, 0) is 4.74 Å². The maximum atomic E-state index is 12.2. The summed E-state index contributed by atoms with van der Waals surface area (Å²) in [4.78, 5) is 13.6. The number of aryl methyl sites for hydroxylation is 1. The predicted octanol–water partition coefficient (Wildman–Crippen LogP) is 0.782. The van der Waals surface area contributed by atoms with Crippen LogP contribution in [0.2, 0.25) is 0 Å². The number of methoxy groups -OCH3 is 1. The summed E-state index contributed by atoms with van der Waals surface area (Å²) in [5, 5.41) is 18.5. The van der Waals surface area contributed by atoms with E-state index in [0.29, 0.717) is 18.7 Å². The van der Waals surface area contributed by atoms with Crippen LogP contribution in [0, 0.1) is 6.92 Å². The zero-order valence-corrected chi connectivity index (χ0v) is 10.7. The van der Waals surface area contributed by atoms with Gasteiger partial charge in [0.25, 0.3) is 5.91 Å². The quantitative estimate of drug-likeness (QED) is 0.786. The highest BCUT2D eigenvalue weighted by atomic mass is 16.5. The molecule has 0 aliphatic carbocycles. The van der Waals surface area contributed by atoms with E-state index in [4.69, 9.17) is 9.84 Å². The fourth-order valence-corrected chi connectivity index (χ4v) is 1.56. The highest BCUT2D eigenvalue weighted by molar-refractivity contribution is 5.94. The summed E-state index contributed by atoms with van der Waals surface area (Å²) in [5.41, 5.74) is 1.12. The van der Waals surface area contributed by atoms with E-state index >= 15 is 0 Å². The molecule has 1 aromatic carbocycles. The number of rotatable bonds is 6. The van der Waals surface area contributed by atoms with Crippen molar-refractivity contribution < 1.29 is 19.7 Å². The number of nitrogens with zero attached hydrogens (tertiary/aromatic N) is 1. The van der Waals surface area contributed by atoms with Crippen LogP contribution in [0.25, 0.3) is 0 Å². The molecule has 0 aliphatic rings. The standard InChI is InChI=1S/C13H19NO4/c1-10-3-4-11(9-12(10)16)13(17)14(5-7-15)6-8-18-2/h3-4,9,15-16H,5-8H2,1-2H3. The van der Waals surface area contributed by atoms with Gasteiger partial charge in [-0.05, 0) is 24.6 Å². The van der Waals surface area contributed by atoms with Gasteiger partial charge in [0.05, 0.1) is 13.2 Å². The minimum absolute atomic E-state index is 0.0940. The van der Waals surface area contributed by atoms with E-state index in [1.165, 1.54) is 11.0 Å². The summed E-state index contributed by atoms with van der Waals surface area (Å²) in [5.74, 6) is -0.132. The van der Waals surface area contributed by atoms with Gasteiger partial charge in [0.1, 0.15) is 5.75 Å². The Bertz CT molecular complexity index is 406. The molecule has 2 N–H and O–H groups in total. The number of amides is 1. The van der Waals surface area contributed by atoms with Crippen LogP contribution in [0.1, 0.15) is 15.9 Å². The van der Waals surface area contributed by atoms with Crippen LogP contribution < -0.4 is 0 Å². The van der Waals surface area contributed by atoms with Gasteiger partial charge in [-0.1, -0.05) is 6.07 Å². The van der Waals surface area contributed by atoms with Crippen molar-refractivity contribution in [1.82, 2.24) is 4.90 Å². The largest absolute Gasteiger partial charge is 0.508 e. The number of hydrogen-bond donors (Lipinski definition) is 2. The van der Waals surface area contributed by atoms with E-state index in [1.54, 1.807) is 26.2 Å². The van der Waals surface area contributed by atoms with E-state index in [-0.39, 0.29) is 24.8 Å². The smallest absolute Gasteiger partial charge is 0.254 e.